The van der Waals surface area contributed by atoms with Crippen LogP contribution in [0.1, 0.15) is 50.2 Å². The molecule has 1 aliphatic heterocycles. The van der Waals surface area contributed by atoms with Crippen molar-refractivity contribution in [1.82, 2.24) is 5.32 Å². The quantitative estimate of drug-likeness (QED) is 0.422. The zero-order valence-corrected chi connectivity index (χ0v) is 22.7. The van der Waals surface area contributed by atoms with Crippen LogP contribution in [-0.4, -0.2) is 45.7 Å². The lowest BCUT2D eigenvalue weighted by molar-refractivity contribution is 0.0858. The van der Waals surface area contributed by atoms with Crippen molar-refractivity contribution in [2.75, 3.05) is 29.0 Å². The Labute approximate surface area is 224 Å². The minimum Gasteiger partial charge on any atom is -0.376 e. The van der Waals surface area contributed by atoms with Gasteiger partial charge in [0, 0.05) is 18.7 Å². The van der Waals surface area contributed by atoms with Gasteiger partial charge in [0.15, 0.2) is 0 Å². The fraction of sp³-hybridized carbons (Fsp3) is 0.310. The topological polar surface area (TPSA) is 105 Å². The highest BCUT2D eigenvalue weighted by Crippen LogP contribution is 2.26. The third-order valence-electron chi connectivity index (χ3n) is 6.51. The van der Waals surface area contributed by atoms with Gasteiger partial charge in [-0.25, -0.2) is 8.42 Å². The molecule has 1 heterocycles. The van der Waals surface area contributed by atoms with Crippen LogP contribution in [0.15, 0.2) is 66.7 Å². The van der Waals surface area contributed by atoms with Crippen LogP contribution in [0.4, 0.5) is 11.4 Å². The molecular formula is C29H33N3O5S. The van der Waals surface area contributed by atoms with Crippen LogP contribution in [0, 0.1) is 13.8 Å². The second kappa shape index (κ2) is 11.8. The average Bonchev–Trinajstić information content (AvgIpc) is 3.41. The number of benzene rings is 3. The Morgan fingerprint density at radius 3 is 2.42 bits per heavy atom. The predicted molar refractivity (Wildman–Crippen MR) is 149 cm³/mol. The van der Waals surface area contributed by atoms with E-state index in [0.29, 0.717) is 35.7 Å². The zero-order chi connectivity index (χ0) is 27.3. The molecule has 3 aromatic carbocycles. The second-order valence-electron chi connectivity index (χ2n) is 9.60. The summed E-state index contributed by atoms with van der Waals surface area (Å²) in [5, 5.41) is 5.71. The highest BCUT2D eigenvalue weighted by Gasteiger charge is 2.21. The number of anilines is 2. The molecule has 0 aliphatic carbocycles. The van der Waals surface area contributed by atoms with E-state index in [9.17, 15) is 18.0 Å². The van der Waals surface area contributed by atoms with E-state index in [1.807, 2.05) is 32.0 Å². The monoisotopic (exact) mass is 535 g/mol. The third kappa shape index (κ3) is 6.79. The van der Waals surface area contributed by atoms with Gasteiger partial charge in [0.1, 0.15) is 0 Å². The van der Waals surface area contributed by atoms with E-state index in [-0.39, 0.29) is 24.5 Å². The fourth-order valence-electron chi connectivity index (χ4n) is 4.39. The number of ether oxygens (including phenoxy) is 1. The number of hydrogen-bond donors (Lipinski definition) is 2. The second-order valence-corrected chi connectivity index (χ2v) is 11.5. The SMILES string of the molecule is Cc1ccc(C)c(N(Cc2ccc(C(=O)Nc3ccccc3C(=O)NC[C@@H]3CCCO3)cc2)S(C)(=O)=O)c1. The summed E-state index contributed by atoms with van der Waals surface area (Å²) in [4.78, 5) is 25.7. The van der Waals surface area contributed by atoms with E-state index in [1.54, 1.807) is 48.5 Å². The lowest BCUT2D eigenvalue weighted by atomic mass is 10.1. The first-order valence-electron chi connectivity index (χ1n) is 12.6. The normalized spacial score (nSPS) is 15.2. The van der Waals surface area contributed by atoms with Gasteiger partial charge in [-0.05, 0) is 73.7 Å². The standard InChI is InChI=1S/C29H33N3O5S/c1-20-10-11-21(2)27(17-20)32(38(3,35)36)19-22-12-14-23(15-13-22)28(33)31-26-9-5-4-8-25(26)29(34)30-18-24-7-6-16-37-24/h4-5,8-15,17,24H,6-7,16,18-19H2,1-3H3,(H,30,34)(H,31,33)/t24-/m0/s1. The Hall–Kier alpha value is -3.69. The van der Waals surface area contributed by atoms with E-state index in [2.05, 4.69) is 10.6 Å². The minimum absolute atomic E-state index is 0.0210. The Bertz CT molecular complexity index is 1410. The van der Waals surface area contributed by atoms with Gasteiger partial charge in [-0.3, -0.25) is 13.9 Å². The van der Waals surface area contributed by atoms with Crippen LogP contribution in [0.5, 0.6) is 0 Å². The van der Waals surface area contributed by atoms with Gasteiger partial charge in [0.05, 0.1) is 35.8 Å². The molecule has 0 saturated carbocycles. The van der Waals surface area contributed by atoms with Crippen LogP contribution in [0.3, 0.4) is 0 Å². The summed E-state index contributed by atoms with van der Waals surface area (Å²) in [7, 11) is -3.54. The van der Waals surface area contributed by atoms with Crippen LogP contribution in [-0.2, 0) is 21.3 Å². The van der Waals surface area contributed by atoms with Crippen molar-refractivity contribution in [3.05, 3.63) is 94.5 Å². The van der Waals surface area contributed by atoms with Crippen molar-refractivity contribution in [2.24, 2.45) is 0 Å². The molecule has 1 fully saturated rings. The summed E-state index contributed by atoms with van der Waals surface area (Å²) < 4.78 is 32.1. The molecule has 4 rings (SSSR count). The molecular weight excluding hydrogens is 502 g/mol. The van der Waals surface area contributed by atoms with E-state index in [4.69, 9.17) is 4.74 Å². The van der Waals surface area contributed by atoms with Gasteiger partial charge in [-0.1, -0.05) is 36.4 Å². The summed E-state index contributed by atoms with van der Waals surface area (Å²) >= 11 is 0. The number of para-hydroxylation sites is 1. The molecule has 8 nitrogen and oxygen atoms in total. The smallest absolute Gasteiger partial charge is 0.255 e. The van der Waals surface area contributed by atoms with E-state index < -0.39 is 10.0 Å². The maximum Gasteiger partial charge on any atom is 0.255 e. The van der Waals surface area contributed by atoms with E-state index >= 15 is 0 Å². The number of nitrogens with one attached hydrogen (secondary N) is 2. The van der Waals surface area contributed by atoms with Crippen LogP contribution >= 0.6 is 0 Å². The molecule has 0 bridgehead atoms. The van der Waals surface area contributed by atoms with Gasteiger partial charge >= 0.3 is 0 Å². The number of carbonyl (C=O) groups is 2. The maximum absolute atomic E-state index is 13.0. The maximum atomic E-state index is 13.0. The van der Waals surface area contributed by atoms with Crippen molar-refractivity contribution in [3.8, 4) is 0 Å². The lowest BCUT2D eigenvalue weighted by Crippen LogP contribution is -2.32. The molecule has 2 N–H and O–H groups in total. The van der Waals surface area contributed by atoms with E-state index in [0.717, 1.165) is 29.5 Å². The minimum atomic E-state index is -3.54. The highest BCUT2D eigenvalue weighted by molar-refractivity contribution is 7.92. The first-order valence-corrected chi connectivity index (χ1v) is 14.4. The number of rotatable bonds is 9. The Kier molecular flexibility index (Phi) is 8.48. The highest BCUT2D eigenvalue weighted by atomic mass is 32.2. The molecule has 9 heteroatoms. The van der Waals surface area contributed by atoms with E-state index in [1.165, 1.54) is 10.6 Å². The summed E-state index contributed by atoms with van der Waals surface area (Å²) in [5.41, 5.74) is 4.35. The third-order valence-corrected chi connectivity index (χ3v) is 7.64. The molecule has 0 aromatic heterocycles. The molecule has 1 saturated heterocycles. The molecule has 1 aliphatic rings. The molecule has 2 amide bonds. The number of carbonyl (C=O) groups excluding carboxylic acids is 2. The number of amides is 2. The summed E-state index contributed by atoms with van der Waals surface area (Å²) in [6.07, 6.45) is 3.11. The first kappa shape index (κ1) is 27.3. The first-order chi connectivity index (χ1) is 18.1. The molecule has 200 valence electrons. The molecule has 1 atom stereocenters. The lowest BCUT2D eigenvalue weighted by Gasteiger charge is -2.25. The summed E-state index contributed by atoms with van der Waals surface area (Å²) in [6.45, 7) is 5.07. The van der Waals surface area contributed by atoms with Crippen molar-refractivity contribution < 1.29 is 22.7 Å². The van der Waals surface area contributed by atoms with Crippen molar-refractivity contribution in [1.29, 1.82) is 0 Å². The fourth-order valence-corrected chi connectivity index (χ4v) is 5.33. The van der Waals surface area contributed by atoms with Gasteiger partial charge in [0.25, 0.3) is 11.8 Å². The van der Waals surface area contributed by atoms with Gasteiger partial charge in [-0.15, -0.1) is 0 Å². The Morgan fingerprint density at radius 2 is 1.74 bits per heavy atom. The molecule has 0 spiro atoms. The number of aryl methyl sites for hydroxylation is 2. The molecule has 38 heavy (non-hydrogen) atoms. The Balaban J connectivity index is 1.45. The number of nitrogens with zero attached hydrogens (tertiary/aromatic N) is 1. The van der Waals surface area contributed by atoms with Gasteiger partial charge in [-0.2, -0.15) is 0 Å². The summed E-state index contributed by atoms with van der Waals surface area (Å²) in [5.74, 6) is -0.649. The van der Waals surface area contributed by atoms with Crippen LogP contribution in [0.2, 0.25) is 0 Å². The van der Waals surface area contributed by atoms with Crippen molar-refractivity contribution in [2.45, 2.75) is 39.3 Å². The van der Waals surface area contributed by atoms with Crippen molar-refractivity contribution >= 4 is 33.2 Å². The van der Waals surface area contributed by atoms with Crippen LogP contribution < -0.4 is 14.9 Å². The number of sulfonamides is 1. The average molecular weight is 536 g/mol. The number of hydrogen-bond acceptors (Lipinski definition) is 5. The summed E-state index contributed by atoms with van der Waals surface area (Å²) in [6, 6.07) is 19.3. The van der Waals surface area contributed by atoms with Gasteiger partial charge < -0.3 is 15.4 Å². The largest absolute Gasteiger partial charge is 0.376 e. The van der Waals surface area contributed by atoms with Crippen molar-refractivity contribution in [3.63, 3.8) is 0 Å². The van der Waals surface area contributed by atoms with Crippen LogP contribution in [0.25, 0.3) is 0 Å². The Morgan fingerprint density at radius 1 is 1.00 bits per heavy atom. The molecule has 0 radical (unpaired) electrons. The predicted octanol–water partition coefficient (Wildman–Crippen LogP) is 4.43. The zero-order valence-electron chi connectivity index (χ0n) is 21.9. The molecule has 3 aromatic rings. The van der Waals surface area contributed by atoms with Gasteiger partial charge in [0.2, 0.25) is 10.0 Å². The molecule has 0 unspecified atom stereocenters.